The summed E-state index contributed by atoms with van der Waals surface area (Å²) in [5, 5.41) is 9.32. The standard InChI is InChI=1S/C11H14O2/c12-11-8-10(6-7-13-11)9-4-2-1-3-5-9/h1-5,10-12H,6-8H2/t10-,11-/m0/s1. The number of rotatable bonds is 1. The number of aliphatic hydroxyl groups is 1. The molecule has 1 fully saturated rings. The van der Waals surface area contributed by atoms with E-state index in [1.807, 2.05) is 18.2 Å². The SMILES string of the molecule is O[C@@H]1C[C@@H](c2ccccc2)CCO1. The van der Waals surface area contributed by atoms with E-state index in [0.717, 1.165) is 12.8 Å². The van der Waals surface area contributed by atoms with Crippen LogP contribution >= 0.6 is 0 Å². The van der Waals surface area contributed by atoms with Crippen LogP contribution in [-0.4, -0.2) is 18.0 Å². The molecule has 1 N–H and O–H groups in total. The quantitative estimate of drug-likeness (QED) is 0.711. The van der Waals surface area contributed by atoms with E-state index in [9.17, 15) is 5.11 Å². The van der Waals surface area contributed by atoms with E-state index >= 15 is 0 Å². The van der Waals surface area contributed by atoms with Crippen LogP contribution in [0, 0.1) is 0 Å². The van der Waals surface area contributed by atoms with Gasteiger partial charge >= 0.3 is 0 Å². The first-order chi connectivity index (χ1) is 6.36. The van der Waals surface area contributed by atoms with Gasteiger partial charge in [-0.1, -0.05) is 30.3 Å². The first-order valence-electron chi connectivity index (χ1n) is 4.71. The van der Waals surface area contributed by atoms with Gasteiger partial charge in [0.1, 0.15) is 0 Å². The molecule has 1 aliphatic rings. The van der Waals surface area contributed by atoms with Gasteiger partial charge in [0.15, 0.2) is 6.29 Å². The smallest absolute Gasteiger partial charge is 0.155 e. The maximum atomic E-state index is 9.32. The van der Waals surface area contributed by atoms with Crippen LogP contribution in [0.25, 0.3) is 0 Å². The van der Waals surface area contributed by atoms with Crippen molar-refractivity contribution in [3.63, 3.8) is 0 Å². The van der Waals surface area contributed by atoms with Gasteiger partial charge in [-0.2, -0.15) is 0 Å². The summed E-state index contributed by atoms with van der Waals surface area (Å²) in [7, 11) is 0. The van der Waals surface area contributed by atoms with Gasteiger partial charge in [-0.15, -0.1) is 0 Å². The van der Waals surface area contributed by atoms with Crippen molar-refractivity contribution >= 4 is 0 Å². The minimum Gasteiger partial charge on any atom is -0.368 e. The number of aliphatic hydroxyl groups excluding tert-OH is 1. The third-order valence-corrected chi connectivity index (χ3v) is 2.53. The Labute approximate surface area is 78.2 Å². The molecule has 1 aliphatic heterocycles. The maximum Gasteiger partial charge on any atom is 0.155 e. The summed E-state index contributed by atoms with van der Waals surface area (Å²) in [4.78, 5) is 0. The van der Waals surface area contributed by atoms with Crippen LogP contribution in [0.4, 0.5) is 0 Å². The Kier molecular flexibility index (Phi) is 2.62. The predicted octanol–water partition coefficient (Wildman–Crippen LogP) is 1.90. The lowest BCUT2D eigenvalue weighted by atomic mass is 9.91. The van der Waals surface area contributed by atoms with E-state index in [2.05, 4.69) is 12.1 Å². The predicted molar refractivity (Wildman–Crippen MR) is 50.4 cm³/mol. The largest absolute Gasteiger partial charge is 0.368 e. The lowest BCUT2D eigenvalue weighted by Crippen LogP contribution is -2.23. The average molecular weight is 178 g/mol. The van der Waals surface area contributed by atoms with E-state index < -0.39 is 6.29 Å². The minimum atomic E-state index is -0.570. The number of hydrogen-bond donors (Lipinski definition) is 1. The third kappa shape index (κ3) is 2.08. The fraction of sp³-hybridized carbons (Fsp3) is 0.455. The van der Waals surface area contributed by atoms with E-state index in [1.165, 1.54) is 5.56 Å². The highest BCUT2D eigenvalue weighted by Gasteiger charge is 2.21. The summed E-state index contributed by atoms with van der Waals surface area (Å²) >= 11 is 0. The van der Waals surface area contributed by atoms with E-state index in [4.69, 9.17) is 4.74 Å². The molecule has 0 radical (unpaired) electrons. The molecule has 2 nitrogen and oxygen atoms in total. The Hall–Kier alpha value is -0.860. The first-order valence-corrected chi connectivity index (χ1v) is 4.71. The number of hydrogen-bond acceptors (Lipinski definition) is 2. The molecule has 1 heterocycles. The topological polar surface area (TPSA) is 29.5 Å². The zero-order valence-electron chi connectivity index (χ0n) is 7.52. The van der Waals surface area contributed by atoms with Crippen LogP contribution in [0.3, 0.4) is 0 Å². The fourth-order valence-electron chi connectivity index (χ4n) is 1.80. The molecule has 1 aromatic carbocycles. The summed E-state index contributed by atoms with van der Waals surface area (Å²) in [5.41, 5.74) is 1.31. The summed E-state index contributed by atoms with van der Waals surface area (Å²) in [6.45, 7) is 0.667. The van der Waals surface area contributed by atoms with Crippen LogP contribution in [0.15, 0.2) is 30.3 Å². The molecule has 0 bridgehead atoms. The van der Waals surface area contributed by atoms with Crippen LogP contribution in [0.1, 0.15) is 24.3 Å². The van der Waals surface area contributed by atoms with Crippen LogP contribution in [-0.2, 0) is 4.74 Å². The van der Waals surface area contributed by atoms with E-state index in [1.54, 1.807) is 0 Å². The van der Waals surface area contributed by atoms with Gasteiger partial charge in [-0.25, -0.2) is 0 Å². The molecule has 0 aliphatic carbocycles. The highest BCUT2D eigenvalue weighted by Crippen LogP contribution is 2.28. The maximum absolute atomic E-state index is 9.32. The average Bonchev–Trinajstić information content (AvgIpc) is 2.19. The van der Waals surface area contributed by atoms with Crippen molar-refractivity contribution < 1.29 is 9.84 Å². The molecule has 0 spiro atoms. The van der Waals surface area contributed by atoms with Gasteiger partial charge in [-0.05, 0) is 17.9 Å². The summed E-state index contributed by atoms with van der Waals surface area (Å²) in [6.07, 6.45) is 1.17. The van der Waals surface area contributed by atoms with E-state index in [0.29, 0.717) is 12.5 Å². The van der Waals surface area contributed by atoms with Crippen molar-refractivity contribution in [2.45, 2.75) is 25.0 Å². The second-order valence-electron chi connectivity index (χ2n) is 3.46. The lowest BCUT2D eigenvalue weighted by Gasteiger charge is -2.26. The molecular weight excluding hydrogens is 164 g/mol. The number of benzene rings is 1. The van der Waals surface area contributed by atoms with Gasteiger partial charge in [0.2, 0.25) is 0 Å². The molecule has 70 valence electrons. The van der Waals surface area contributed by atoms with Crippen molar-refractivity contribution in [1.29, 1.82) is 0 Å². The zero-order chi connectivity index (χ0) is 9.10. The summed E-state index contributed by atoms with van der Waals surface area (Å²) in [5.74, 6) is 0.463. The molecule has 2 heteroatoms. The Morgan fingerprint density at radius 1 is 1.23 bits per heavy atom. The molecule has 0 unspecified atom stereocenters. The Morgan fingerprint density at radius 3 is 2.69 bits per heavy atom. The minimum absolute atomic E-state index is 0.463. The van der Waals surface area contributed by atoms with Gasteiger partial charge < -0.3 is 9.84 Å². The summed E-state index contributed by atoms with van der Waals surface area (Å²) < 4.78 is 5.09. The Bertz CT molecular complexity index is 258. The van der Waals surface area contributed by atoms with Crippen LogP contribution in [0.5, 0.6) is 0 Å². The molecule has 0 saturated carbocycles. The second kappa shape index (κ2) is 3.90. The van der Waals surface area contributed by atoms with Crippen molar-refractivity contribution in [1.82, 2.24) is 0 Å². The third-order valence-electron chi connectivity index (χ3n) is 2.53. The van der Waals surface area contributed by atoms with Crippen LogP contribution < -0.4 is 0 Å². The van der Waals surface area contributed by atoms with Crippen LogP contribution in [0.2, 0.25) is 0 Å². The highest BCUT2D eigenvalue weighted by molar-refractivity contribution is 5.19. The number of ether oxygens (including phenoxy) is 1. The van der Waals surface area contributed by atoms with Crippen molar-refractivity contribution in [2.24, 2.45) is 0 Å². The van der Waals surface area contributed by atoms with Crippen molar-refractivity contribution in [3.8, 4) is 0 Å². The highest BCUT2D eigenvalue weighted by atomic mass is 16.6. The zero-order valence-corrected chi connectivity index (χ0v) is 7.52. The van der Waals surface area contributed by atoms with Crippen molar-refractivity contribution in [2.75, 3.05) is 6.61 Å². The Balaban J connectivity index is 2.08. The lowest BCUT2D eigenvalue weighted by molar-refractivity contribution is -0.129. The molecule has 2 rings (SSSR count). The van der Waals surface area contributed by atoms with Gasteiger partial charge in [0, 0.05) is 6.42 Å². The second-order valence-corrected chi connectivity index (χ2v) is 3.46. The normalized spacial score (nSPS) is 28.7. The van der Waals surface area contributed by atoms with E-state index in [-0.39, 0.29) is 0 Å². The molecular formula is C11H14O2. The molecule has 2 atom stereocenters. The fourth-order valence-corrected chi connectivity index (χ4v) is 1.80. The molecule has 0 amide bonds. The first kappa shape index (κ1) is 8.73. The monoisotopic (exact) mass is 178 g/mol. The molecule has 1 saturated heterocycles. The Morgan fingerprint density at radius 2 is 2.00 bits per heavy atom. The van der Waals surface area contributed by atoms with Crippen molar-refractivity contribution in [3.05, 3.63) is 35.9 Å². The van der Waals surface area contributed by atoms with Gasteiger partial charge in [0.25, 0.3) is 0 Å². The molecule has 1 aromatic rings. The van der Waals surface area contributed by atoms with Gasteiger partial charge in [0.05, 0.1) is 6.61 Å². The molecule has 13 heavy (non-hydrogen) atoms. The van der Waals surface area contributed by atoms with Gasteiger partial charge in [-0.3, -0.25) is 0 Å². The molecule has 0 aromatic heterocycles. The summed E-state index contributed by atoms with van der Waals surface area (Å²) in [6, 6.07) is 10.3.